The van der Waals surface area contributed by atoms with Crippen molar-refractivity contribution in [3.63, 3.8) is 0 Å². The first-order chi connectivity index (χ1) is 17.3. The van der Waals surface area contributed by atoms with Crippen LogP contribution in [0.1, 0.15) is 48.3 Å². The van der Waals surface area contributed by atoms with Crippen LogP contribution < -0.4 is 20.1 Å². The van der Waals surface area contributed by atoms with E-state index in [4.69, 9.17) is 14.2 Å². The van der Waals surface area contributed by atoms with Crippen molar-refractivity contribution >= 4 is 23.4 Å². The van der Waals surface area contributed by atoms with Crippen molar-refractivity contribution in [2.24, 2.45) is 0 Å². The van der Waals surface area contributed by atoms with E-state index in [1.165, 1.54) is 7.11 Å². The van der Waals surface area contributed by atoms with E-state index < -0.39 is 12.3 Å². The second-order valence-corrected chi connectivity index (χ2v) is 9.49. The maximum absolute atomic E-state index is 13.2. The SMILES string of the molecule is COC(=O)Oc1cc(NC(=O)C2CNc3cc(C)ccc3O2)c(C#CCN(C)C)cc1C1CCCC1. The van der Waals surface area contributed by atoms with Gasteiger partial charge in [-0.25, -0.2) is 4.79 Å². The summed E-state index contributed by atoms with van der Waals surface area (Å²) in [6, 6.07) is 9.39. The fraction of sp³-hybridized carbons (Fsp3) is 0.429. The molecule has 1 aliphatic carbocycles. The smallest absolute Gasteiger partial charge is 0.477 e. The molecule has 1 heterocycles. The molecule has 1 saturated carbocycles. The van der Waals surface area contributed by atoms with Gasteiger partial charge >= 0.3 is 6.16 Å². The van der Waals surface area contributed by atoms with Crippen molar-refractivity contribution in [2.45, 2.75) is 44.6 Å². The Bertz CT molecular complexity index is 1190. The van der Waals surface area contributed by atoms with E-state index in [0.717, 1.165) is 42.5 Å². The Hall–Kier alpha value is -3.70. The minimum Gasteiger partial charge on any atom is -0.477 e. The molecule has 1 unspecified atom stereocenters. The van der Waals surface area contributed by atoms with E-state index in [9.17, 15) is 9.59 Å². The summed E-state index contributed by atoms with van der Waals surface area (Å²) in [6.07, 6.45) is 2.72. The largest absolute Gasteiger partial charge is 0.513 e. The Morgan fingerprint density at radius 3 is 2.69 bits per heavy atom. The summed E-state index contributed by atoms with van der Waals surface area (Å²) in [5.74, 6) is 7.30. The van der Waals surface area contributed by atoms with Crippen LogP contribution in [0.15, 0.2) is 30.3 Å². The van der Waals surface area contributed by atoms with Gasteiger partial charge in [-0.3, -0.25) is 9.69 Å². The third-order valence-corrected chi connectivity index (χ3v) is 6.36. The average Bonchev–Trinajstić information content (AvgIpc) is 3.39. The van der Waals surface area contributed by atoms with Crippen molar-refractivity contribution in [3.05, 3.63) is 47.0 Å². The first-order valence-corrected chi connectivity index (χ1v) is 12.2. The zero-order valence-corrected chi connectivity index (χ0v) is 21.3. The predicted molar refractivity (Wildman–Crippen MR) is 139 cm³/mol. The van der Waals surface area contributed by atoms with Gasteiger partial charge in [0.1, 0.15) is 11.5 Å². The van der Waals surface area contributed by atoms with Gasteiger partial charge in [0.25, 0.3) is 5.91 Å². The fourth-order valence-corrected chi connectivity index (χ4v) is 4.51. The lowest BCUT2D eigenvalue weighted by atomic mass is 9.94. The summed E-state index contributed by atoms with van der Waals surface area (Å²) >= 11 is 0. The molecular formula is C28H33N3O5. The summed E-state index contributed by atoms with van der Waals surface area (Å²) in [7, 11) is 5.16. The van der Waals surface area contributed by atoms with Gasteiger partial charge in [0.05, 0.1) is 31.6 Å². The molecule has 4 rings (SSSR count). The van der Waals surface area contributed by atoms with Crippen LogP contribution in [0.25, 0.3) is 0 Å². The van der Waals surface area contributed by atoms with Crippen LogP contribution in [-0.2, 0) is 9.53 Å². The highest BCUT2D eigenvalue weighted by atomic mass is 16.7. The zero-order chi connectivity index (χ0) is 25.7. The van der Waals surface area contributed by atoms with E-state index in [-0.39, 0.29) is 11.8 Å². The summed E-state index contributed by atoms with van der Waals surface area (Å²) in [6.45, 7) is 2.90. The Kier molecular flexibility index (Phi) is 8.01. The molecule has 2 aliphatic rings. The van der Waals surface area contributed by atoms with Gasteiger partial charge in [-0.05, 0) is 69.1 Å². The van der Waals surface area contributed by atoms with Gasteiger partial charge in [0, 0.05) is 11.6 Å². The Labute approximate surface area is 212 Å². The summed E-state index contributed by atoms with van der Waals surface area (Å²) < 4.78 is 16.2. The standard InChI is InChI=1S/C28H33N3O5/c1-18-11-12-24-23(14-18)29-17-26(35-24)27(32)30-22-16-25(36-28(33)34-4)21(19-8-5-6-9-19)15-20(22)10-7-13-31(2)3/h11-12,14-16,19,26,29H,5-6,8-9,13,17H2,1-4H3,(H,30,32). The van der Waals surface area contributed by atoms with E-state index in [2.05, 4.69) is 22.5 Å². The van der Waals surface area contributed by atoms with Crippen molar-refractivity contribution in [2.75, 3.05) is 44.9 Å². The number of nitrogens with zero attached hydrogens (tertiary/aromatic N) is 1. The Morgan fingerprint density at radius 2 is 1.97 bits per heavy atom. The molecule has 1 aliphatic heterocycles. The van der Waals surface area contributed by atoms with Crippen molar-refractivity contribution in [1.29, 1.82) is 0 Å². The van der Waals surface area contributed by atoms with Gasteiger partial charge in [-0.1, -0.05) is 30.7 Å². The number of ether oxygens (including phenoxy) is 3. The fourth-order valence-electron chi connectivity index (χ4n) is 4.51. The number of nitrogens with one attached hydrogen (secondary N) is 2. The lowest BCUT2D eigenvalue weighted by molar-refractivity contribution is -0.122. The van der Waals surface area contributed by atoms with Gasteiger partial charge in [-0.2, -0.15) is 0 Å². The molecule has 1 fully saturated rings. The molecular weight excluding hydrogens is 458 g/mol. The molecule has 2 aromatic rings. The number of carbonyl (C=O) groups excluding carboxylic acids is 2. The lowest BCUT2D eigenvalue weighted by Gasteiger charge is -2.27. The lowest BCUT2D eigenvalue weighted by Crippen LogP contribution is -2.41. The minimum atomic E-state index is -0.801. The number of anilines is 2. The molecule has 1 amide bonds. The number of methoxy groups -OCH3 is 1. The summed E-state index contributed by atoms with van der Waals surface area (Å²) in [5, 5.41) is 6.23. The average molecular weight is 492 g/mol. The molecule has 0 aromatic heterocycles. The zero-order valence-electron chi connectivity index (χ0n) is 21.3. The summed E-state index contributed by atoms with van der Waals surface area (Å²) in [4.78, 5) is 27.2. The van der Waals surface area contributed by atoms with Gasteiger partial charge in [-0.15, -0.1) is 0 Å². The highest BCUT2D eigenvalue weighted by molar-refractivity contribution is 5.97. The van der Waals surface area contributed by atoms with Crippen LogP contribution in [0.3, 0.4) is 0 Å². The van der Waals surface area contributed by atoms with E-state index in [1.54, 1.807) is 6.07 Å². The Balaban J connectivity index is 1.65. The maximum atomic E-state index is 13.2. The molecule has 0 saturated heterocycles. The molecule has 0 radical (unpaired) electrons. The van der Waals surface area contributed by atoms with E-state index in [0.29, 0.717) is 35.8 Å². The van der Waals surface area contributed by atoms with E-state index >= 15 is 0 Å². The molecule has 190 valence electrons. The van der Waals surface area contributed by atoms with Crippen LogP contribution >= 0.6 is 0 Å². The molecule has 2 aromatic carbocycles. The second-order valence-electron chi connectivity index (χ2n) is 9.49. The van der Waals surface area contributed by atoms with Crippen LogP contribution in [0.2, 0.25) is 0 Å². The monoisotopic (exact) mass is 491 g/mol. The van der Waals surface area contributed by atoms with Crippen LogP contribution in [0, 0.1) is 18.8 Å². The highest BCUT2D eigenvalue weighted by Crippen LogP contribution is 2.41. The quantitative estimate of drug-likeness (QED) is 0.361. The van der Waals surface area contributed by atoms with Crippen LogP contribution in [-0.4, -0.2) is 57.4 Å². The Morgan fingerprint density at radius 1 is 1.19 bits per heavy atom. The maximum Gasteiger partial charge on any atom is 0.513 e. The molecule has 8 heteroatoms. The molecule has 8 nitrogen and oxygen atoms in total. The van der Waals surface area contributed by atoms with Crippen molar-refractivity contribution in [3.8, 4) is 23.3 Å². The molecule has 2 N–H and O–H groups in total. The minimum absolute atomic E-state index is 0.259. The predicted octanol–water partition coefficient (Wildman–Crippen LogP) is 4.52. The third-order valence-electron chi connectivity index (χ3n) is 6.36. The highest BCUT2D eigenvalue weighted by Gasteiger charge is 2.28. The second kappa shape index (κ2) is 11.4. The first-order valence-electron chi connectivity index (χ1n) is 12.2. The number of hydrogen-bond donors (Lipinski definition) is 2. The number of fused-ring (bicyclic) bond motifs is 1. The van der Waals surface area contributed by atoms with Gasteiger partial charge in [0.2, 0.25) is 0 Å². The number of rotatable bonds is 5. The number of carbonyl (C=O) groups is 2. The molecule has 36 heavy (non-hydrogen) atoms. The molecule has 0 spiro atoms. The topological polar surface area (TPSA) is 89.1 Å². The molecule has 0 bridgehead atoms. The van der Waals surface area contributed by atoms with Gasteiger partial charge in [0.15, 0.2) is 6.10 Å². The number of hydrogen-bond acceptors (Lipinski definition) is 7. The van der Waals surface area contributed by atoms with Crippen molar-refractivity contribution in [1.82, 2.24) is 4.90 Å². The number of aryl methyl sites for hydroxylation is 1. The number of benzene rings is 2. The van der Waals surface area contributed by atoms with E-state index in [1.807, 2.05) is 50.2 Å². The van der Waals surface area contributed by atoms with Gasteiger partial charge < -0.3 is 24.8 Å². The molecule has 1 atom stereocenters. The number of amides is 1. The normalized spacial score (nSPS) is 16.8. The first kappa shape index (κ1) is 25.4. The summed E-state index contributed by atoms with van der Waals surface area (Å²) in [5.41, 5.74) is 4.01. The van der Waals surface area contributed by atoms with Crippen LogP contribution in [0.4, 0.5) is 16.2 Å². The third kappa shape index (κ3) is 6.10. The van der Waals surface area contributed by atoms with Crippen molar-refractivity contribution < 1.29 is 23.8 Å². The van der Waals surface area contributed by atoms with Crippen LogP contribution in [0.5, 0.6) is 11.5 Å².